The van der Waals surface area contributed by atoms with Crippen molar-refractivity contribution in [3.63, 3.8) is 0 Å². The first-order valence-corrected chi connectivity index (χ1v) is 7.78. The van der Waals surface area contributed by atoms with E-state index in [4.69, 9.17) is 5.11 Å². The zero-order chi connectivity index (χ0) is 22.7. The van der Waals surface area contributed by atoms with E-state index in [2.05, 4.69) is 4.74 Å². The third kappa shape index (κ3) is 3.00. The number of ether oxygens (including phenoxy) is 1. The molecule has 0 aromatic heterocycles. The SMILES string of the molecule is C[C@H](C(=O)O)N1C(=O)C(F)(F)Oc2cc(F)c(-c3c(F)c(F)c(F)c(F)c3F)cc21. The first-order chi connectivity index (χ1) is 13.8. The number of alkyl halides is 2. The Kier molecular flexibility index (Phi) is 4.87. The summed E-state index contributed by atoms with van der Waals surface area (Å²) in [6.07, 6.45) is -4.62. The highest BCUT2D eigenvalue weighted by Crippen LogP contribution is 2.45. The second-order valence-electron chi connectivity index (χ2n) is 6.05. The van der Waals surface area contributed by atoms with E-state index in [-0.39, 0.29) is 17.0 Å². The monoisotopic (exact) mass is 441 g/mol. The summed E-state index contributed by atoms with van der Waals surface area (Å²) in [5.41, 5.74) is -3.95. The van der Waals surface area contributed by atoms with Gasteiger partial charge in [-0.15, -0.1) is 0 Å². The molecule has 13 heteroatoms. The maximum Gasteiger partial charge on any atom is 0.483 e. The smallest absolute Gasteiger partial charge is 0.480 e. The normalized spacial score (nSPS) is 16.2. The molecule has 1 aliphatic rings. The van der Waals surface area contributed by atoms with Gasteiger partial charge in [0.1, 0.15) is 11.9 Å². The van der Waals surface area contributed by atoms with Crippen molar-refractivity contribution >= 4 is 17.6 Å². The van der Waals surface area contributed by atoms with Crippen molar-refractivity contribution in [3.8, 4) is 16.9 Å². The van der Waals surface area contributed by atoms with Crippen molar-refractivity contribution in [1.82, 2.24) is 0 Å². The fraction of sp³-hybridized carbons (Fsp3) is 0.176. The molecule has 0 spiro atoms. The molecule has 160 valence electrons. The Hall–Kier alpha value is -3.38. The van der Waals surface area contributed by atoms with Gasteiger partial charge in [-0.05, 0) is 13.0 Å². The molecule has 0 bridgehead atoms. The van der Waals surface area contributed by atoms with Gasteiger partial charge in [0, 0.05) is 11.6 Å². The van der Waals surface area contributed by atoms with Crippen LogP contribution in [0.3, 0.4) is 0 Å². The van der Waals surface area contributed by atoms with E-state index in [0.717, 1.165) is 6.92 Å². The van der Waals surface area contributed by atoms with E-state index >= 15 is 0 Å². The minimum Gasteiger partial charge on any atom is -0.480 e. The molecule has 0 radical (unpaired) electrons. The molecule has 2 aromatic carbocycles. The number of carbonyl (C=O) groups excluding carboxylic acids is 1. The van der Waals surface area contributed by atoms with Crippen molar-refractivity contribution in [3.05, 3.63) is 47.0 Å². The zero-order valence-corrected chi connectivity index (χ0v) is 14.4. The van der Waals surface area contributed by atoms with Gasteiger partial charge in [0.2, 0.25) is 5.82 Å². The number of halogens is 8. The molecular formula is C17H7F8NO4. The van der Waals surface area contributed by atoms with Gasteiger partial charge >= 0.3 is 18.0 Å². The number of amides is 1. The van der Waals surface area contributed by atoms with Gasteiger partial charge < -0.3 is 9.84 Å². The van der Waals surface area contributed by atoms with Crippen molar-refractivity contribution in [2.75, 3.05) is 4.90 Å². The highest BCUT2D eigenvalue weighted by atomic mass is 19.3. The average Bonchev–Trinajstić information content (AvgIpc) is 2.66. The lowest BCUT2D eigenvalue weighted by Crippen LogP contribution is -2.55. The lowest BCUT2D eigenvalue weighted by molar-refractivity contribution is -0.193. The summed E-state index contributed by atoms with van der Waals surface area (Å²) in [6, 6.07) is -1.62. The van der Waals surface area contributed by atoms with Crippen LogP contribution in [0.2, 0.25) is 0 Å². The number of carboxylic acids is 1. The van der Waals surface area contributed by atoms with Gasteiger partial charge in [-0.25, -0.2) is 31.1 Å². The molecule has 5 nitrogen and oxygen atoms in total. The van der Waals surface area contributed by atoms with Crippen LogP contribution >= 0.6 is 0 Å². The van der Waals surface area contributed by atoms with E-state index < -0.39 is 81.5 Å². The third-order valence-corrected chi connectivity index (χ3v) is 4.24. The van der Waals surface area contributed by atoms with E-state index in [1.165, 1.54) is 0 Å². The van der Waals surface area contributed by atoms with E-state index in [9.17, 15) is 44.7 Å². The fourth-order valence-corrected chi connectivity index (χ4v) is 2.77. The number of hydrogen-bond acceptors (Lipinski definition) is 3. The maximum absolute atomic E-state index is 14.4. The van der Waals surface area contributed by atoms with Gasteiger partial charge in [0.05, 0.1) is 11.3 Å². The number of benzene rings is 2. The van der Waals surface area contributed by atoms with E-state index in [1.807, 2.05) is 0 Å². The summed E-state index contributed by atoms with van der Waals surface area (Å²) >= 11 is 0. The van der Waals surface area contributed by atoms with E-state index in [1.54, 1.807) is 0 Å². The molecule has 1 N–H and O–H groups in total. The number of carboxylic acid groups (broad SMARTS) is 1. The standard InChI is InChI=1S/C17H7F8NO4/c1-4(15(27)28)26-7-2-5(6(18)3-8(7)30-17(24,25)16(26)29)9-10(19)12(21)14(23)13(22)11(9)20/h2-4H,1H3,(H,27,28)/t4-/m1/s1. The van der Waals surface area contributed by atoms with Crippen molar-refractivity contribution in [2.45, 2.75) is 19.1 Å². The Morgan fingerprint density at radius 1 is 1.00 bits per heavy atom. The minimum absolute atomic E-state index is 0.0594. The van der Waals surface area contributed by atoms with Crippen LogP contribution in [-0.4, -0.2) is 29.1 Å². The molecule has 1 amide bonds. The fourth-order valence-electron chi connectivity index (χ4n) is 2.77. The number of carbonyl (C=O) groups is 2. The number of nitrogens with zero attached hydrogens (tertiary/aromatic N) is 1. The van der Waals surface area contributed by atoms with Crippen molar-refractivity contribution in [2.24, 2.45) is 0 Å². The molecule has 2 aromatic rings. The first-order valence-electron chi connectivity index (χ1n) is 7.78. The molecular weight excluding hydrogens is 434 g/mol. The summed E-state index contributed by atoms with van der Waals surface area (Å²) in [5.74, 6) is -19.1. The molecule has 3 rings (SSSR count). The van der Waals surface area contributed by atoms with Crippen molar-refractivity contribution in [1.29, 1.82) is 0 Å². The summed E-state index contributed by atoms with van der Waals surface area (Å²) < 4.78 is 114. The van der Waals surface area contributed by atoms with Gasteiger partial charge in [0.25, 0.3) is 0 Å². The van der Waals surface area contributed by atoms with Crippen LogP contribution in [-0.2, 0) is 9.59 Å². The quantitative estimate of drug-likeness (QED) is 0.445. The number of hydrogen-bond donors (Lipinski definition) is 1. The minimum atomic E-state index is -4.62. The number of anilines is 1. The largest absolute Gasteiger partial charge is 0.483 e. The van der Waals surface area contributed by atoms with Crippen LogP contribution in [0.5, 0.6) is 5.75 Å². The number of fused-ring (bicyclic) bond motifs is 1. The van der Waals surface area contributed by atoms with Gasteiger partial charge in [-0.1, -0.05) is 0 Å². The zero-order valence-electron chi connectivity index (χ0n) is 14.4. The lowest BCUT2D eigenvalue weighted by Gasteiger charge is -2.35. The molecule has 0 fully saturated rings. The molecule has 1 heterocycles. The Morgan fingerprint density at radius 3 is 2.00 bits per heavy atom. The van der Waals surface area contributed by atoms with Crippen LogP contribution in [0.25, 0.3) is 11.1 Å². The van der Waals surface area contributed by atoms with Gasteiger partial charge in [0.15, 0.2) is 29.0 Å². The topological polar surface area (TPSA) is 66.8 Å². The predicted molar refractivity (Wildman–Crippen MR) is 81.8 cm³/mol. The summed E-state index contributed by atoms with van der Waals surface area (Å²) in [7, 11) is 0. The molecule has 1 atom stereocenters. The molecule has 1 aliphatic heterocycles. The third-order valence-electron chi connectivity index (χ3n) is 4.24. The molecule has 0 saturated carbocycles. The number of aliphatic carboxylic acids is 1. The molecule has 0 saturated heterocycles. The summed E-state index contributed by atoms with van der Waals surface area (Å²) in [5, 5.41) is 9.07. The lowest BCUT2D eigenvalue weighted by atomic mass is 10.00. The average molecular weight is 441 g/mol. The van der Waals surface area contributed by atoms with Gasteiger partial charge in [-0.3, -0.25) is 9.69 Å². The van der Waals surface area contributed by atoms with Crippen LogP contribution in [0.15, 0.2) is 12.1 Å². The highest BCUT2D eigenvalue weighted by Gasteiger charge is 2.53. The summed E-state index contributed by atoms with van der Waals surface area (Å²) in [4.78, 5) is 23.1. The number of rotatable bonds is 3. The van der Waals surface area contributed by atoms with Crippen LogP contribution in [0, 0.1) is 34.9 Å². The van der Waals surface area contributed by atoms with Crippen molar-refractivity contribution < 1.29 is 54.6 Å². The summed E-state index contributed by atoms with van der Waals surface area (Å²) in [6.45, 7) is 0.785. The molecule has 30 heavy (non-hydrogen) atoms. The van der Waals surface area contributed by atoms with Gasteiger partial charge in [-0.2, -0.15) is 8.78 Å². The Bertz CT molecular complexity index is 1070. The molecule has 0 unspecified atom stereocenters. The predicted octanol–water partition coefficient (Wildman–Crippen LogP) is 3.98. The Labute approximate surface area is 161 Å². The second-order valence-corrected chi connectivity index (χ2v) is 6.05. The highest BCUT2D eigenvalue weighted by molar-refractivity contribution is 6.05. The van der Waals surface area contributed by atoms with Crippen LogP contribution in [0.1, 0.15) is 6.92 Å². The Balaban J connectivity index is 2.34. The Morgan fingerprint density at radius 2 is 1.50 bits per heavy atom. The first kappa shape index (κ1) is 21.3. The van der Waals surface area contributed by atoms with Crippen LogP contribution < -0.4 is 9.64 Å². The maximum atomic E-state index is 14.4. The van der Waals surface area contributed by atoms with E-state index in [0.29, 0.717) is 0 Å². The van der Waals surface area contributed by atoms with Crippen LogP contribution in [0.4, 0.5) is 40.8 Å². The molecule has 0 aliphatic carbocycles. The second kappa shape index (κ2) is 6.85.